The second-order valence-corrected chi connectivity index (χ2v) is 11.4. The van der Waals surface area contributed by atoms with E-state index < -0.39 is 61.6 Å². The zero-order valence-electron chi connectivity index (χ0n) is 32.3. The summed E-state index contributed by atoms with van der Waals surface area (Å²) in [5.74, 6) is -1.82. The quantitative estimate of drug-likeness (QED) is 0.0696. The molecule has 0 spiro atoms. The van der Waals surface area contributed by atoms with Crippen molar-refractivity contribution in [1.29, 1.82) is 0 Å². The fourth-order valence-electron chi connectivity index (χ4n) is 4.83. The molecule has 0 aliphatic carbocycles. The van der Waals surface area contributed by atoms with Crippen molar-refractivity contribution in [3.63, 3.8) is 0 Å². The van der Waals surface area contributed by atoms with Crippen molar-refractivity contribution in [2.75, 3.05) is 62.5 Å². The molecule has 3 aromatic rings. The van der Waals surface area contributed by atoms with Crippen molar-refractivity contribution in [2.45, 2.75) is 19.8 Å². The van der Waals surface area contributed by atoms with Gasteiger partial charge in [0.05, 0.1) is 64.8 Å². The van der Waals surface area contributed by atoms with E-state index in [4.69, 9.17) is 42.6 Å². The minimum absolute atomic E-state index is 0.00311. The van der Waals surface area contributed by atoms with Crippen molar-refractivity contribution in [3.8, 4) is 34.5 Å². The van der Waals surface area contributed by atoms with Crippen LogP contribution in [0.5, 0.6) is 34.5 Å². The Morgan fingerprint density at radius 1 is 0.414 bits per heavy atom. The third kappa shape index (κ3) is 12.9. The maximum atomic E-state index is 12.5. The van der Waals surface area contributed by atoms with Gasteiger partial charge in [0.2, 0.25) is 0 Å². The second kappa shape index (κ2) is 22.3. The van der Waals surface area contributed by atoms with Crippen LogP contribution in [0.15, 0.2) is 54.6 Å². The van der Waals surface area contributed by atoms with Gasteiger partial charge in [0, 0.05) is 0 Å². The first kappa shape index (κ1) is 45.1. The number of benzene rings is 3. The van der Waals surface area contributed by atoms with Crippen LogP contribution >= 0.6 is 0 Å². The smallest absolute Gasteiger partial charge is 0.493 e. The summed E-state index contributed by atoms with van der Waals surface area (Å²) in [6.45, 7) is -0.467. The van der Waals surface area contributed by atoms with E-state index >= 15 is 0 Å². The molecule has 3 rings (SSSR count). The molecule has 0 fully saturated rings. The Kier molecular flexibility index (Phi) is 17.3. The van der Waals surface area contributed by atoms with E-state index in [1.54, 1.807) is 6.92 Å². The second-order valence-electron chi connectivity index (χ2n) is 11.4. The highest BCUT2D eigenvalue weighted by molar-refractivity contribution is 5.91. The maximum absolute atomic E-state index is 12.5. The average Bonchev–Trinajstić information content (AvgIpc) is 3.25. The minimum atomic E-state index is -1.60. The largest absolute Gasteiger partial charge is 0.549 e. The molecule has 0 atom stereocenters. The predicted octanol–water partition coefficient (Wildman–Crippen LogP) is 5.60. The molecule has 0 aliphatic heterocycles. The number of hydrogen-bond acceptors (Lipinski definition) is 21. The van der Waals surface area contributed by atoms with E-state index in [1.165, 1.54) is 97.3 Å². The molecule has 0 bridgehead atoms. The molecule has 0 radical (unpaired) electrons. The monoisotopic (exact) mass is 820 g/mol. The Morgan fingerprint density at radius 2 is 0.690 bits per heavy atom. The van der Waals surface area contributed by atoms with Gasteiger partial charge in [-0.3, -0.25) is 0 Å². The molecular weight excluding hydrogens is 780 g/mol. The number of hydrogen-bond donors (Lipinski definition) is 0. The van der Waals surface area contributed by atoms with Gasteiger partial charge >= 0.3 is 36.4 Å². The highest BCUT2D eigenvalue weighted by atomic mass is 17.2. The topological polar surface area (TPSA) is 241 Å². The Morgan fingerprint density at radius 3 is 0.931 bits per heavy atom. The molecule has 0 heterocycles. The maximum Gasteiger partial charge on any atom is 0.549 e. The van der Waals surface area contributed by atoms with Crippen molar-refractivity contribution in [2.24, 2.45) is 5.41 Å². The number of carbonyl (C=O) groups excluding carboxylic acids is 6. The van der Waals surface area contributed by atoms with Crippen molar-refractivity contribution in [3.05, 3.63) is 71.3 Å². The van der Waals surface area contributed by atoms with Crippen LogP contribution < -0.4 is 28.4 Å². The molecule has 0 N–H and O–H groups in total. The molecule has 0 unspecified atom stereocenters. The summed E-state index contributed by atoms with van der Waals surface area (Å²) >= 11 is 0. The molecular formula is C37H40O21. The molecule has 58 heavy (non-hydrogen) atoms. The molecule has 21 nitrogen and oxygen atoms in total. The molecule has 21 heteroatoms. The molecule has 0 aliphatic rings. The lowest BCUT2D eigenvalue weighted by Gasteiger charge is -2.30. The van der Waals surface area contributed by atoms with Crippen molar-refractivity contribution >= 4 is 36.4 Å². The van der Waals surface area contributed by atoms with Gasteiger partial charge in [0.15, 0.2) is 34.5 Å². The zero-order chi connectivity index (χ0) is 42.7. The summed E-state index contributed by atoms with van der Waals surface area (Å²) in [7, 11) is 8.20. The van der Waals surface area contributed by atoms with Crippen LogP contribution in [0.1, 0.15) is 50.8 Å². The van der Waals surface area contributed by atoms with Crippen LogP contribution in [-0.2, 0) is 43.5 Å². The van der Waals surface area contributed by atoms with Crippen LogP contribution in [0.25, 0.3) is 0 Å². The lowest BCUT2D eigenvalue weighted by atomic mass is 9.86. The predicted molar refractivity (Wildman–Crippen MR) is 190 cm³/mol. The van der Waals surface area contributed by atoms with Crippen LogP contribution in [0.3, 0.4) is 0 Å². The molecule has 0 saturated heterocycles. The van der Waals surface area contributed by atoms with E-state index in [0.717, 1.165) is 0 Å². The standard InChI is InChI=1S/C37H40O21/c1-8-15-37(19-50-34(41)56-53-31(38)22-9-12-25(44-2)28(16-22)47-5,20-51-35(42)57-54-32(39)23-10-13-26(45-3)29(17-23)48-6)21-52-36(43)58-55-33(40)24-11-14-27(46-4)30(18-24)49-7/h9-14,16-18H,8,15,19-21H2,1-7H3. The number of rotatable bonds is 17. The Bertz CT molecular complexity index is 1700. The third-order valence-electron chi connectivity index (χ3n) is 7.68. The molecule has 0 saturated carbocycles. The lowest BCUT2D eigenvalue weighted by molar-refractivity contribution is -0.217. The van der Waals surface area contributed by atoms with Gasteiger partial charge in [0.1, 0.15) is 19.8 Å². The van der Waals surface area contributed by atoms with E-state index in [9.17, 15) is 28.8 Å². The van der Waals surface area contributed by atoms with Gasteiger partial charge in [-0.05, 0) is 61.0 Å². The van der Waals surface area contributed by atoms with Crippen LogP contribution in [0.2, 0.25) is 0 Å². The molecule has 314 valence electrons. The summed E-state index contributed by atoms with van der Waals surface area (Å²) in [6.07, 6.45) is -4.30. The van der Waals surface area contributed by atoms with Crippen molar-refractivity contribution < 1.29 is 101 Å². The molecule has 0 amide bonds. The first-order valence-corrected chi connectivity index (χ1v) is 16.7. The van der Waals surface area contributed by atoms with Crippen LogP contribution in [0, 0.1) is 5.41 Å². The minimum Gasteiger partial charge on any atom is -0.493 e. The van der Waals surface area contributed by atoms with Crippen molar-refractivity contribution in [1.82, 2.24) is 0 Å². The number of carbonyl (C=O) groups is 6. The number of ether oxygens (including phenoxy) is 9. The summed E-state index contributed by atoms with van der Waals surface area (Å²) in [5.41, 5.74) is -1.84. The third-order valence-corrected chi connectivity index (χ3v) is 7.68. The normalized spacial score (nSPS) is 10.4. The SMILES string of the molecule is CCCC(COC(=O)OOC(=O)c1ccc(OC)c(OC)c1)(COC(=O)OOC(=O)c1ccc(OC)c(OC)c1)COC(=O)OOC(=O)c1ccc(OC)c(OC)c1. The Hall–Kier alpha value is -7.32. The van der Waals surface area contributed by atoms with Gasteiger partial charge in [0.25, 0.3) is 0 Å². The van der Waals surface area contributed by atoms with Crippen LogP contribution in [0.4, 0.5) is 14.4 Å². The van der Waals surface area contributed by atoms with Crippen LogP contribution in [-0.4, -0.2) is 98.9 Å². The van der Waals surface area contributed by atoms with Gasteiger partial charge in [-0.1, -0.05) is 13.3 Å². The highest BCUT2D eigenvalue weighted by Gasteiger charge is 2.37. The van der Waals surface area contributed by atoms with Gasteiger partial charge in [-0.15, -0.1) is 0 Å². The number of methoxy groups -OCH3 is 6. The molecule has 3 aromatic carbocycles. The summed E-state index contributed by atoms with van der Waals surface area (Å²) in [5, 5.41) is 0. The average molecular weight is 821 g/mol. The fraction of sp³-hybridized carbons (Fsp3) is 0.351. The Labute approximate surface area is 330 Å². The highest BCUT2D eigenvalue weighted by Crippen LogP contribution is 2.31. The lowest BCUT2D eigenvalue weighted by Crippen LogP contribution is -2.40. The fourth-order valence-corrected chi connectivity index (χ4v) is 4.83. The van der Waals surface area contributed by atoms with Gasteiger partial charge in [-0.25, -0.2) is 43.7 Å². The van der Waals surface area contributed by atoms with Gasteiger partial charge < -0.3 is 42.6 Å². The summed E-state index contributed by atoms with van der Waals surface area (Å²) < 4.78 is 46.1. The van der Waals surface area contributed by atoms with Gasteiger partial charge in [-0.2, -0.15) is 14.4 Å². The Balaban J connectivity index is 1.68. The first-order chi connectivity index (χ1) is 27.9. The van der Waals surface area contributed by atoms with E-state index in [0.29, 0.717) is 23.7 Å². The first-order valence-electron chi connectivity index (χ1n) is 16.7. The summed E-state index contributed by atoms with van der Waals surface area (Å²) in [4.78, 5) is 102. The van der Waals surface area contributed by atoms with E-state index in [1.807, 2.05) is 0 Å². The molecule has 0 aromatic heterocycles. The van der Waals surface area contributed by atoms with E-state index in [2.05, 4.69) is 29.3 Å². The zero-order valence-corrected chi connectivity index (χ0v) is 32.3. The summed E-state index contributed by atoms with van der Waals surface area (Å²) in [6, 6.07) is 12.0. The van der Waals surface area contributed by atoms with E-state index in [-0.39, 0.29) is 40.4 Å².